The molecule has 1 aromatic carbocycles. The van der Waals surface area contributed by atoms with E-state index < -0.39 is 21.3 Å². The fourth-order valence-corrected chi connectivity index (χ4v) is 4.98. The van der Waals surface area contributed by atoms with Gasteiger partial charge in [0.25, 0.3) is 0 Å². The smallest absolute Gasteiger partial charge is 0.332 e. The number of sulfonamides is 1. The number of piperidine rings is 1. The normalized spacial score (nSPS) is 15.5. The Balaban J connectivity index is 2.07. The maximum atomic E-state index is 12.7. The van der Waals surface area contributed by atoms with Gasteiger partial charge in [-0.3, -0.25) is 4.79 Å². The number of hydrogen-bond acceptors (Lipinski definition) is 5. The second kappa shape index (κ2) is 10.3. The highest BCUT2D eigenvalue weighted by Crippen LogP contribution is 2.32. The highest BCUT2D eigenvalue weighted by Gasteiger charge is 2.33. The van der Waals surface area contributed by atoms with E-state index in [1.54, 1.807) is 4.90 Å². The Morgan fingerprint density at radius 1 is 1.10 bits per heavy atom. The predicted molar refractivity (Wildman–Crippen MR) is 117 cm³/mol. The molecule has 30 heavy (non-hydrogen) atoms. The van der Waals surface area contributed by atoms with Gasteiger partial charge >= 0.3 is 6.03 Å². The zero-order chi connectivity index (χ0) is 22.5. The van der Waals surface area contributed by atoms with Crippen molar-refractivity contribution in [2.24, 2.45) is 0 Å². The minimum atomic E-state index is -3.86. The van der Waals surface area contributed by atoms with Crippen LogP contribution < -0.4 is 10.0 Å². The van der Waals surface area contributed by atoms with Crippen molar-refractivity contribution in [1.29, 1.82) is 0 Å². The Morgan fingerprint density at radius 2 is 1.63 bits per heavy atom. The van der Waals surface area contributed by atoms with Crippen LogP contribution in [0.4, 0.5) is 10.5 Å². The molecule has 1 aromatic rings. The number of para-hydroxylation sites is 1. The van der Waals surface area contributed by atoms with Gasteiger partial charge in [-0.25, -0.2) is 17.9 Å². The molecule has 0 radical (unpaired) electrons. The summed E-state index contributed by atoms with van der Waals surface area (Å²) in [7, 11) is -2.42. The molecule has 2 rings (SSSR count). The Labute approximate surface area is 179 Å². The molecule has 1 aliphatic heterocycles. The molecule has 2 N–H and O–H groups in total. The van der Waals surface area contributed by atoms with Crippen molar-refractivity contribution in [3.8, 4) is 0 Å². The van der Waals surface area contributed by atoms with Gasteiger partial charge in [0.2, 0.25) is 15.9 Å². The number of methoxy groups -OCH3 is 1. The third kappa shape index (κ3) is 5.95. The van der Waals surface area contributed by atoms with Crippen LogP contribution in [-0.2, 0) is 19.6 Å². The third-order valence-electron chi connectivity index (χ3n) is 5.35. The third-order valence-corrected chi connectivity index (χ3v) is 7.17. The van der Waals surface area contributed by atoms with E-state index in [-0.39, 0.29) is 37.2 Å². The molecule has 9 heteroatoms. The van der Waals surface area contributed by atoms with E-state index in [1.807, 2.05) is 45.9 Å². The lowest BCUT2D eigenvalue weighted by molar-refractivity contribution is -0.135. The molecule has 0 atom stereocenters. The van der Waals surface area contributed by atoms with Crippen molar-refractivity contribution in [3.05, 3.63) is 29.3 Å². The average Bonchev–Trinajstić information content (AvgIpc) is 2.67. The largest absolute Gasteiger partial charge is 0.375 e. The maximum absolute atomic E-state index is 12.7. The maximum Gasteiger partial charge on any atom is 0.332 e. The van der Waals surface area contributed by atoms with E-state index >= 15 is 0 Å². The molecule has 0 aliphatic carbocycles. The highest BCUT2D eigenvalue weighted by molar-refractivity contribution is 7.90. The standard InChI is InChI=1S/C21H33N3O5S/c1-14(2)17-7-6-8-18(15(3)4)20(17)22-21(26)23-30(27,28)16-9-11-24(12-10-16)19(25)13-29-5/h6-8,14-16H,9-13H2,1-5H3,(H2,22,23,26). The Bertz CT molecular complexity index is 833. The van der Waals surface area contributed by atoms with Crippen LogP contribution in [0.1, 0.15) is 63.5 Å². The summed E-state index contributed by atoms with van der Waals surface area (Å²) >= 11 is 0. The van der Waals surface area contributed by atoms with Crippen molar-refractivity contribution in [3.63, 3.8) is 0 Å². The molecule has 0 spiro atoms. The number of nitrogens with one attached hydrogen (secondary N) is 2. The number of nitrogens with zero attached hydrogens (tertiary/aromatic N) is 1. The average molecular weight is 440 g/mol. The van der Waals surface area contributed by atoms with Gasteiger partial charge in [-0.2, -0.15) is 0 Å². The van der Waals surface area contributed by atoms with Crippen molar-refractivity contribution in [2.75, 3.05) is 32.1 Å². The van der Waals surface area contributed by atoms with E-state index in [9.17, 15) is 18.0 Å². The number of likely N-dealkylation sites (tertiary alicyclic amines) is 1. The second-order valence-electron chi connectivity index (χ2n) is 8.24. The van der Waals surface area contributed by atoms with Gasteiger partial charge < -0.3 is 15.0 Å². The van der Waals surface area contributed by atoms with Crippen LogP contribution in [0.5, 0.6) is 0 Å². The van der Waals surface area contributed by atoms with Crippen LogP contribution in [0.2, 0.25) is 0 Å². The van der Waals surface area contributed by atoms with E-state index in [0.29, 0.717) is 18.8 Å². The number of carbonyl (C=O) groups excluding carboxylic acids is 2. The van der Waals surface area contributed by atoms with Gasteiger partial charge in [-0.15, -0.1) is 0 Å². The Morgan fingerprint density at radius 3 is 2.10 bits per heavy atom. The molecule has 8 nitrogen and oxygen atoms in total. The number of urea groups is 1. The van der Waals surface area contributed by atoms with Crippen LogP contribution in [0.25, 0.3) is 0 Å². The molecule has 0 unspecified atom stereocenters. The van der Waals surface area contributed by atoms with E-state index in [4.69, 9.17) is 4.74 Å². The summed E-state index contributed by atoms with van der Waals surface area (Å²) in [4.78, 5) is 26.1. The number of benzene rings is 1. The summed E-state index contributed by atoms with van der Waals surface area (Å²) in [6.07, 6.45) is 0.551. The van der Waals surface area contributed by atoms with Crippen molar-refractivity contribution >= 4 is 27.6 Å². The first-order valence-corrected chi connectivity index (χ1v) is 11.8. The van der Waals surface area contributed by atoms with Gasteiger partial charge in [0.05, 0.1) is 5.25 Å². The molecule has 1 heterocycles. The molecule has 0 saturated carbocycles. The van der Waals surface area contributed by atoms with Crippen molar-refractivity contribution < 1.29 is 22.7 Å². The molecular formula is C21H33N3O5S. The van der Waals surface area contributed by atoms with Gasteiger partial charge in [0.15, 0.2) is 0 Å². The summed E-state index contributed by atoms with van der Waals surface area (Å²) < 4.78 is 32.5. The zero-order valence-corrected chi connectivity index (χ0v) is 19.2. The van der Waals surface area contributed by atoms with Crippen molar-refractivity contribution in [1.82, 2.24) is 9.62 Å². The summed E-state index contributed by atoms with van der Waals surface area (Å²) in [5, 5.41) is 2.05. The SMILES string of the molecule is COCC(=O)N1CCC(S(=O)(=O)NC(=O)Nc2c(C(C)C)cccc2C(C)C)CC1. The highest BCUT2D eigenvalue weighted by atomic mass is 32.2. The lowest BCUT2D eigenvalue weighted by atomic mass is 9.93. The zero-order valence-electron chi connectivity index (χ0n) is 18.4. The number of anilines is 1. The minimum absolute atomic E-state index is 0.0223. The topological polar surface area (TPSA) is 105 Å². The first-order valence-electron chi connectivity index (χ1n) is 10.3. The molecule has 3 amide bonds. The summed E-state index contributed by atoms with van der Waals surface area (Å²) in [5.41, 5.74) is 2.58. The molecule has 0 bridgehead atoms. The Kier molecular flexibility index (Phi) is 8.25. The Hall–Kier alpha value is -2.13. The van der Waals surface area contributed by atoms with Gasteiger partial charge in [-0.1, -0.05) is 45.9 Å². The van der Waals surface area contributed by atoms with Gasteiger partial charge in [0, 0.05) is 25.9 Å². The van der Waals surface area contributed by atoms with Crippen LogP contribution in [0.3, 0.4) is 0 Å². The van der Waals surface area contributed by atoms with Crippen LogP contribution in [-0.4, -0.2) is 57.3 Å². The van der Waals surface area contributed by atoms with Gasteiger partial charge in [-0.05, 0) is 35.8 Å². The number of carbonyl (C=O) groups is 2. The predicted octanol–water partition coefficient (Wildman–Crippen LogP) is 3.02. The van der Waals surface area contributed by atoms with E-state index in [2.05, 4.69) is 10.0 Å². The van der Waals surface area contributed by atoms with E-state index in [0.717, 1.165) is 11.1 Å². The summed E-state index contributed by atoms with van der Waals surface area (Å²) in [6.45, 7) is 8.73. The fourth-order valence-electron chi connectivity index (χ4n) is 3.68. The summed E-state index contributed by atoms with van der Waals surface area (Å²) in [6, 6.07) is 5.06. The lowest BCUT2D eigenvalue weighted by Crippen LogP contribution is -2.48. The molecule has 1 fully saturated rings. The van der Waals surface area contributed by atoms with E-state index in [1.165, 1.54) is 7.11 Å². The summed E-state index contributed by atoms with van der Waals surface area (Å²) in [5.74, 6) is 0.180. The monoisotopic (exact) mass is 439 g/mol. The number of hydrogen-bond donors (Lipinski definition) is 2. The quantitative estimate of drug-likeness (QED) is 0.679. The van der Waals surface area contributed by atoms with Crippen LogP contribution in [0, 0.1) is 0 Å². The van der Waals surface area contributed by atoms with Gasteiger partial charge in [0.1, 0.15) is 6.61 Å². The molecule has 1 aliphatic rings. The molecule has 1 saturated heterocycles. The lowest BCUT2D eigenvalue weighted by Gasteiger charge is -2.31. The first kappa shape index (κ1) is 24.1. The molecule has 168 valence electrons. The fraction of sp³-hybridized carbons (Fsp3) is 0.619. The molecule has 0 aromatic heterocycles. The second-order valence-corrected chi connectivity index (χ2v) is 10.2. The van der Waals surface area contributed by atoms with Crippen LogP contribution in [0.15, 0.2) is 18.2 Å². The number of ether oxygens (including phenoxy) is 1. The number of rotatable bonds is 7. The number of amides is 3. The van der Waals surface area contributed by atoms with Crippen molar-refractivity contribution in [2.45, 2.75) is 57.6 Å². The molecular weight excluding hydrogens is 406 g/mol. The first-order chi connectivity index (χ1) is 14.1. The van der Waals surface area contributed by atoms with Crippen LogP contribution >= 0.6 is 0 Å². The minimum Gasteiger partial charge on any atom is -0.375 e.